The quantitative estimate of drug-likeness (QED) is 0.801. The summed E-state index contributed by atoms with van der Waals surface area (Å²) in [7, 11) is 1.37. The summed E-state index contributed by atoms with van der Waals surface area (Å²) >= 11 is 0. The highest BCUT2D eigenvalue weighted by Crippen LogP contribution is 2.24. The van der Waals surface area contributed by atoms with Gasteiger partial charge in [0.2, 0.25) is 5.91 Å². The van der Waals surface area contributed by atoms with Gasteiger partial charge in [0.25, 0.3) is 0 Å². The molecular weight excluding hydrogens is 325 g/mol. The Kier molecular flexibility index (Phi) is 6.11. The van der Waals surface area contributed by atoms with Crippen molar-refractivity contribution in [1.29, 1.82) is 0 Å². The van der Waals surface area contributed by atoms with Crippen molar-refractivity contribution in [2.45, 2.75) is 19.8 Å². The van der Waals surface area contributed by atoms with Gasteiger partial charge in [0.05, 0.1) is 7.11 Å². The number of amides is 1. The summed E-state index contributed by atoms with van der Waals surface area (Å²) in [6.07, 6.45) is 1.16. The van der Waals surface area contributed by atoms with Crippen LogP contribution < -0.4 is 10.1 Å². The van der Waals surface area contributed by atoms with E-state index < -0.39 is 5.97 Å². The van der Waals surface area contributed by atoms with Crippen LogP contribution in [0.4, 0.5) is 10.1 Å². The fourth-order valence-electron chi connectivity index (χ4n) is 2.42. The van der Waals surface area contributed by atoms with E-state index in [1.54, 1.807) is 13.0 Å². The van der Waals surface area contributed by atoms with Crippen LogP contribution in [0.3, 0.4) is 0 Å². The van der Waals surface area contributed by atoms with Crippen LogP contribution in [-0.4, -0.2) is 24.1 Å². The maximum Gasteiger partial charge on any atom is 0.339 e. The molecule has 2 rings (SSSR count). The number of carbonyl (C=O) groups is 2. The lowest BCUT2D eigenvalue weighted by atomic mass is 10.00. The Morgan fingerprint density at radius 3 is 2.64 bits per heavy atom. The van der Waals surface area contributed by atoms with Crippen LogP contribution in [-0.2, 0) is 11.2 Å². The number of carboxylic acid groups (broad SMARTS) is 1. The summed E-state index contributed by atoms with van der Waals surface area (Å²) in [6.45, 7) is 1.79. The van der Waals surface area contributed by atoms with Crippen molar-refractivity contribution in [3.05, 3.63) is 59.4 Å². The summed E-state index contributed by atoms with van der Waals surface area (Å²) in [4.78, 5) is 23.3. The molecule has 1 atom stereocenters. The molecular formula is C19H20FNO4. The molecule has 0 saturated heterocycles. The first kappa shape index (κ1) is 18.4. The molecule has 1 unspecified atom stereocenters. The molecule has 0 fully saturated rings. The number of carbonyl (C=O) groups excluding carboxylic acids is 1. The normalized spacial score (nSPS) is 11.6. The van der Waals surface area contributed by atoms with Gasteiger partial charge in [-0.3, -0.25) is 4.79 Å². The zero-order valence-electron chi connectivity index (χ0n) is 14.1. The molecule has 0 aromatic heterocycles. The Labute approximate surface area is 145 Å². The topological polar surface area (TPSA) is 75.6 Å². The number of rotatable bonds is 7. The number of nitrogens with one attached hydrogen (secondary N) is 1. The zero-order valence-corrected chi connectivity index (χ0v) is 14.1. The Hall–Kier alpha value is -2.89. The van der Waals surface area contributed by atoms with Crippen LogP contribution in [0.15, 0.2) is 42.5 Å². The van der Waals surface area contributed by atoms with Crippen LogP contribution in [0.25, 0.3) is 0 Å². The van der Waals surface area contributed by atoms with Crippen LogP contribution >= 0.6 is 0 Å². The molecule has 2 N–H and O–H groups in total. The minimum Gasteiger partial charge on any atom is -0.496 e. The molecule has 0 radical (unpaired) electrons. The van der Waals surface area contributed by atoms with Crippen LogP contribution in [0.2, 0.25) is 0 Å². The van der Waals surface area contributed by atoms with Crippen molar-refractivity contribution >= 4 is 17.6 Å². The summed E-state index contributed by atoms with van der Waals surface area (Å²) < 4.78 is 18.2. The van der Waals surface area contributed by atoms with Gasteiger partial charge in [0, 0.05) is 17.7 Å². The Bertz CT molecular complexity index is 776. The fourth-order valence-corrected chi connectivity index (χ4v) is 2.42. The van der Waals surface area contributed by atoms with Crippen LogP contribution in [0, 0.1) is 11.7 Å². The number of methoxy groups -OCH3 is 1. The third-order valence-corrected chi connectivity index (χ3v) is 3.90. The van der Waals surface area contributed by atoms with E-state index in [1.807, 2.05) is 6.07 Å². The number of hydrogen-bond donors (Lipinski definition) is 2. The predicted molar refractivity (Wildman–Crippen MR) is 92.5 cm³/mol. The monoisotopic (exact) mass is 345 g/mol. The Morgan fingerprint density at radius 2 is 2.00 bits per heavy atom. The van der Waals surface area contributed by atoms with E-state index in [1.165, 1.54) is 37.4 Å². The van der Waals surface area contributed by atoms with Gasteiger partial charge in [-0.05, 0) is 42.7 Å². The van der Waals surface area contributed by atoms with Gasteiger partial charge in [-0.2, -0.15) is 0 Å². The van der Waals surface area contributed by atoms with E-state index in [2.05, 4.69) is 5.32 Å². The summed E-state index contributed by atoms with van der Waals surface area (Å²) in [5.41, 5.74) is 1.33. The van der Waals surface area contributed by atoms with Crippen molar-refractivity contribution in [1.82, 2.24) is 0 Å². The SMILES string of the molecule is COc1cc(NC(=O)C(C)CCc2cccc(F)c2)ccc1C(=O)O. The molecule has 0 bridgehead atoms. The van der Waals surface area contributed by atoms with Gasteiger partial charge < -0.3 is 15.2 Å². The third kappa shape index (κ3) is 5.04. The molecule has 5 nitrogen and oxygen atoms in total. The Morgan fingerprint density at radius 1 is 1.24 bits per heavy atom. The van der Waals surface area contributed by atoms with Gasteiger partial charge in [-0.25, -0.2) is 9.18 Å². The minimum atomic E-state index is -1.10. The molecule has 2 aromatic carbocycles. The number of aromatic carboxylic acids is 1. The molecule has 1 amide bonds. The molecule has 25 heavy (non-hydrogen) atoms. The summed E-state index contributed by atoms with van der Waals surface area (Å²) in [6, 6.07) is 10.7. The lowest BCUT2D eigenvalue weighted by Gasteiger charge is -2.13. The highest BCUT2D eigenvalue weighted by molar-refractivity contribution is 5.95. The second-order valence-electron chi connectivity index (χ2n) is 5.78. The van der Waals surface area contributed by atoms with E-state index in [4.69, 9.17) is 9.84 Å². The highest BCUT2D eigenvalue weighted by Gasteiger charge is 2.16. The minimum absolute atomic E-state index is 0.0275. The number of hydrogen-bond acceptors (Lipinski definition) is 3. The fraction of sp³-hybridized carbons (Fsp3) is 0.263. The van der Waals surface area contributed by atoms with Crippen molar-refractivity contribution < 1.29 is 23.8 Å². The van der Waals surface area contributed by atoms with Crippen LogP contribution in [0.5, 0.6) is 5.75 Å². The second-order valence-corrected chi connectivity index (χ2v) is 5.78. The van der Waals surface area contributed by atoms with Gasteiger partial charge in [0.15, 0.2) is 0 Å². The molecule has 0 aliphatic carbocycles. The predicted octanol–water partition coefficient (Wildman–Crippen LogP) is 3.74. The van der Waals surface area contributed by atoms with Gasteiger partial charge >= 0.3 is 5.97 Å². The number of benzene rings is 2. The standard InChI is InChI=1S/C19H20FNO4/c1-12(6-7-13-4-3-5-14(20)10-13)18(22)21-15-8-9-16(19(23)24)17(11-15)25-2/h3-5,8-12H,6-7H2,1-2H3,(H,21,22)(H,23,24). The lowest BCUT2D eigenvalue weighted by molar-refractivity contribution is -0.119. The summed E-state index contributed by atoms with van der Waals surface area (Å²) in [5.74, 6) is -1.69. The average molecular weight is 345 g/mol. The van der Waals surface area contributed by atoms with Gasteiger partial charge in [-0.15, -0.1) is 0 Å². The first-order chi connectivity index (χ1) is 11.9. The number of anilines is 1. The van der Waals surface area contributed by atoms with Crippen molar-refractivity contribution in [2.75, 3.05) is 12.4 Å². The molecule has 2 aromatic rings. The van der Waals surface area contributed by atoms with E-state index in [9.17, 15) is 14.0 Å². The molecule has 0 aliphatic rings. The zero-order chi connectivity index (χ0) is 18.4. The Balaban J connectivity index is 1.97. The molecule has 0 spiro atoms. The van der Waals surface area contributed by atoms with Gasteiger partial charge in [0.1, 0.15) is 17.1 Å². The van der Waals surface area contributed by atoms with Crippen molar-refractivity contribution in [3.63, 3.8) is 0 Å². The lowest BCUT2D eigenvalue weighted by Crippen LogP contribution is -2.21. The first-order valence-electron chi connectivity index (χ1n) is 7.87. The molecule has 0 aliphatic heterocycles. The van der Waals surface area contributed by atoms with E-state index in [0.717, 1.165) is 5.56 Å². The number of ether oxygens (including phenoxy) is 1. The smallest absolute Gasteiger partial charge is 0.339 e. The molecule has 0 heterocycles. The van der Waals surface area contributed by atoms with E-state index in [-0.39, 0.29) is 29.0 Å². The van der Waals surface area contributed by atoms with E-state index in [0.29, 0.717) is 18.5 Å². The highest BCUT2D eigenvalue weighted by atomic mass is 19.1. The van der Waals surface area contributed by atoms with Crippen molar-refractivity contribution in [3.8, 4) is 5.75 Å². The third-order valence-electron chi connectivity index (χ3n) is 3.90. The van der Waals surface area contributed by atoms with Crippen LogP contribution in [0.1, 0.15) is 29.3 Å². The van der Waals surface area contributed by atoms with Crippen molar-refractivity contribution in [2.24, 2.45) is 5.92 Å². The molecule has 132 valence electrons. The largest absolute Gasteiger partial charge is 0.496 e. The second kappa shape index (κ2) is 8.28. The first-order valence-corrected chi connectivity index (χ1v) is 7.87. The van der Waals surface area contributed by atoms with E-state index >= 15 is 0 Å². The molecule has 6 heteroatoms. The van der Waals surface area contributed by atoms with Gasteiger partial charge in [-0.1, -0.05) is 19.1 Å². The maximum atomic E-state index is 13.2. The number of halogens is 1. The number of carboxylic acids is 1. The summed E-state index contributed by atoms with van der Waals surface area (Å²) in [5, 5.41) is 11.8. The molecule has 0 saturated carbocycles. The average Bonchev–Trinajstić information content (AvgIpc) is 2.59. The maximum absolute atomic E-state index is 13.2. The number of aryl methyl sites for hydroxylation is 1.